The normalized spacial score (nSPS) is 17.4. The lowest BCUT2D eigenvalue weighted by Crippen LogP contribution is -2.53. The number of amides is 1. The number of nitrogens with one attached hydrogen (secondary N) is 1. The third-order valence-electron chi connectivity index (χ3n) is 5.03. The van der Waals surface area contributed by atoms with Crippen LogP contribution in [0.5, 0.6) is 0 Å². The largest absolute Gasteiger partial charge is 0.491 e. The first-order valence-electron chi connectivity index (χ1n) is 10.2. The van der Waals surface area contributed by atoms with Crippen LogP contribution in [0.25, 0.3) is 6.08 Å². The number of esters is 1. The minimum absolute atomic E-state index is 0.0982. The Kier molecular flexibility index (Phi) is 7.47. The van der Waals surface area contributed by atoms with Gasteiger partial charge in [0.05, 0.1) is 12.1 Å². The molecule has 0 bridgehead atoms. The molecule has 1 N–H and O–H groups in total. The van der Waals surface area contributed by atoms with Gasteiger partial charge in [-0.3, -0.25) is 4.79 Å². The average Bonchev–Trinajstić information content (AvgIpc) is 3.17. The van der Waals surface area contributed by atoms with Crippen LogP contribution in [0.1, 0.15) is 29.4 Å². The monoisotopic (exact) mass is 506 g/mol. The molecule has 35 heavy (non-hydrogen) atoms. The summed E-state index contributed by atoms with van der Waals surface area (Å²) in [5, 5.41) is 14.2. The number of aryl methyl sites for hydroxylation is 1. The first kappa shape index (κ1) is 26.1. The van der Waals surface area contributed by atoms with Crippen LogP contribution < -0.4 is 5.32 Å². The molecular formula is C20H20F6N6O3. The molecule has 1 aliphatic rings. The highest BCUT2D eigenvalue weighted by Crippen LogP contribution is 2.32. The van der Waals surface area contributed by atoms with Crippen LogP contribution in [-0.2, 0) is 27.0 Å². The maximum atomic E-state index is 13.3. The van der Waals surface area contributed by atoms with Gasteiger partial charge in [0, 0.05) is 25.7 Å². The first-order valence-corrected chi connectivity index (χ1v) is 10.2. The molecule has 2 heterocycles. The lowest BCUT2D eigenvalue weighted by atomic mass is 10.0. The zero-order chi connectivity index (χ0) is 26.0. The second-order valence-corrected chi connectivity index (χ2v) is 7.73. The Labute approximate surface area is 194 Å². The Morgan fingerprint density at radius 1 is 1.23 bits per heavy atom. The van der Waals surface area contributed by atoms with Crippen LogP contribution in [0.2, 0.25) is 0 Å². The van der Waals surface area contributed by atoms with Crippen LogP contribution >= 0.6 is 0 Å². The van der Waals surface area contributed by atoms with E-state index < -0.39 is 41.6 Å². The fourth-order valence-corrected chi connectivity index (χ4v) is 3.32. The van der Waals surface area contributed by atoms with E-state index in [2.05, 4.69) is 25.5 Å². The lowest BCUT2D eigenvalue weighted by molar-refractivity contribution is -0.196. The number of benzene rings is 1. The number of halogens is 6. The van der Waals surface area contributed by atoms with Crippen LogP contribution in [-0.4, -0.2) is 68.8 Å². The summed E-state index contributed by atoms with van der Waals surface area (Å²) in [4.78, 5) is 26.8. The van der Waals surface area contributed by atoms with Gasteiger partial charge in [-0.2, -0.15) is 31.1 Å². The molecule has 0 spiro atoms. The van der Waals surface area contributed by atoms with Crippen molar-refractivity contribution in [1.82, 2.24) is 30.4 Å². The van der Waals surface area contributed by atoms with Crippen molar-refractivity contribution in [2.24, 2.45) is 0 Å². The van der Waals surface area contributed by atoms with Crippen LogP contribution in [0.15, 0.2) is 24.0 Å². The fraction of sp³-hybridized carbons (Fsp3) is 0.450. The van der Waals surface area contributed by atoms with Crippen LogP contribution in [0.4, 0.5) is 26.3 Å². The maximum absolute atomic E-state index is 13.3. The second kappa shape index (κ2) is 10.0. The number of rotatable bonds is 5. The van der Waals surface area contributed by atoms with Crippen molar-refractivity contribution >= 4 is 18.0 Å². The number of carbonyl (C=O) groups is 2. The molecule has 2 aromatic rings. The summed E-state index contributed by atoms with van der Waals surface area (Å²) in [6.07, 6.45) is -9.32. The molecule has 1 aromatic heterocycles. The van der Waals surface area contributed by atoms with Gasteiger partial charge in [0.2, 0.25) is 0 Å². The predicted octanol–water partition coefficient (Wildman–Crippen LogP) is 2.32. The molecule has 9 nitrogen and oxygen atoms in total. The molecule has 1 amide bonds. The van der Waals surface area contributed by atoms with Crippen molar-refractivity contribution in [2.75, 3.05) is 19.6 Å². The Hall–Kier alpha value is -3.49. The van der Waals surface area contributed by atoms with E-state index in [1.54, 1.807) is 6.92 Å². The summed E-state index contributed by atoms with van der Waals surface area (Å²) in [5.41, 5.74) is -1.25. The summed E-state index contributed by atoms with van der Waals surface area (Å²) in [7, 11) is 0. The van der Waals surface area contributed by atoms with E-state index in [1.165, 1.54) is 11.8 Å². The number of hydrogen-bond donors (Lipinski definition) is 1. The van der Waals surface area contributed by atoms with Gasteiger partial charge in [-0.1, -0.05) is 6.07 Å². The third kappa shape index (κ3) is 6.55. The molecule has 1 fully saturated rings. The molecular weight excluding hydrogens is 486 g/mol. The number of tetrazole rings is 1. The van der Waals surface area contributed by atoms with E-state index in [4.69, 9.17) is 0 Å². The van der Waals surface area contributed by atoms with Gasteiger partial charge in [-0.05, 0) is 48.4 Å². The third-order valence-corrected chi connectivity index (χ3v) is 5.03. The summed E-state index contributed by atoms with van der Waals surface area (Å²) in [6.45, 7) is 3.58. The zero-order valence-electron chi connectivity index (χ0n) is 18.4. The summed E-state index contributed by atoms with van der Waals surface area (Å²) >= 11 is 0. The van der Waals surface area contributed by atoms with Gasteiger partial charge >= 0.3 is 18.3 Å². The maximum Gasteiger partial charge on any atom is 0.491 e. The Morgan fingerprint density at radius 2 is 1.94 bits per heavy atom. The Balaban J connectivity index is 2.08. The second-order valence-electron chi connectivity index (χ2n) is 7.73. The summed E-state index contributed by atoms with van der Waals surface area (Å²) < 4.78 is 83.0. The standard InChI is InChI=1S/C20H20F6N6O3/c1-11-9-27-5-6-31(11)17(33)16(35-18(34)20(24,25)26)8-13-3-4-15(19(21,22)23)7-14(13)10-32-29-12(2)28-30-32/h3-4,7-8,11,27H,5-6,9-10H2,1-2H3/b16-8+/t11-/m1/s1. The molecule has 3 rings (SSSR count). The minimum Gasteiger partial charge on any atom is -0.414 e. The van der Waals surface area contributed by atoms with Crippen molar-refractivity contribution in [3.63, 3.8) is 0 Å². The molecule has 1 saturated heterocycles. The molecule has 0 radical (unpaired) electrons. The molecule has 1 atom stereocenters. The van der Waals surface area contributed by atoms with Gasteiger partial charge in [-0.15, -0.1) is 10.2 Å². The van der Waals surface area contributed by atoms with Crippen molar-refractivity contribution in [2.45, 2.75) is 38.8 Å². The van der Waals surface area contributed by atoms with Gasteiger partial charge in [-0.25, -0.2) is 4.79 Å². The average molecular weight is 506 g/mol. The fourth-order valence-electron chi connectivity index (χ4n) is 3.32. The van der Waals surface area contributed by atoms with Crippen LogP contribution in [0, 0.1) is 6.92 Å². The number of carbonyl (C=O) groups excluding carboxylic acids is 2. The lowest BCUT2D eigenvalue weighted by Gasteiger charge is -2.34. The van der Waals surface area contributed by atoms with E-state index in [9.17, 15) is 35.9 Å². The van der Waals surface area contributed by atoms with E-state index in [1.807, 2.05) is 0 Å². The SMILES string of the molecule is Cc1nnn(Cc2cc(C(F)(F)F)ccc2/C=C(/OC(=O)C(F)(F)F)C(=O)N2CCNC[C@H]2C)n1. The minimum atomic E-state index is -5.40. The molecule has 0 aliphatic carbocycles. The van der Waals surface area contributed by atoms with Gasteiger partial charge in [0.1, 0.15) is 0 Å². The number of hydrogen-bond acceptors (Lipinski definition) is 7. The van der Waals surface area contributed by atoms with Gasteiger partial charge in [0.15, 0.2) is 11.6 Å². The number of piperazine rings is 1. The van der Waals surface area contributed by atoms with Crippen molar-refractivity contribution in [1.29, 1.82) is 0 Å². The predicted molar refractivity (Wildman–Crippen MR) is 107 cm³/mol. The van der Waals surface area contributed by atoms with E-state index >= 15 is 0 Å². The number of ether oxygens (including phenoxy) is 1. The van der Waals surface area contributed by atoms with E-state index in [0.29, 0.717) is 19.2 Å². The Morgan fingerprint density at radius 3 is 2.51 bits per heavy atom. The van der Waals surface area contributed by atoms with Crippen molar-refractivity contribution in [3.05, 3.63) is 46.5 Å². The molecule has 15 heteroatoms. The number of nitrogens with zero attached hydrogens (tertiary/aromatic N) is 5. The topological polar surface area (TPSA) is 102 Å². The van der Waals surface area contributed by atoms with Crippen LogP contribution in [0.3, 0.4) is 0 Å². The quantitative estimate of drug-likeness (QED) is 0.288. The highest BCUT2D eigenvalue weighted by atomic mass is 19.4. The van der Waals surface area contributed by atoms with Gasteiger partial charge < -0.3 is 15.0 Å². The Bertz CT molecular complexity index is 1130. The molecule has 0 unspecified atom stereocenters. The van der Waals surface area contributed by atoms with Gasteiger partial charge in [0.25, 0.3) is 5.91 Å². The summed E-state index contributed by atoms with van der Waals surface area (Å²) in [6, 6.07) is 1.94. The zero-order valence-corrected chi connectivity index (χ0v) is 18.4. The van der Waals surface area contributed by atoms with Crippen molar-refractivity contribution < 1.29 is 40.7 Å². The highest BCUT2D eigenvalue weighted by molar-refractivity contribution is 5.99. The molecule has 0 saturated carbocycles. The summed E-state index contributed by atoms with van der Waals surface area (Å²) in [5.74, 6) is -4.40. The first-order chi connectivity index (χ1) is 16.3. The molecule has 1 aliphatic heterocycles. The number of aromatic nitrogens is 4. The highest BCUT2D eigenvalue weighted by Gasteiger charge is 2.43. The van der Waals surface area contributed by atoms with Crippen molar-refractivity contribution in [3.8, 4) is 0 Å². The van der Waals surface area contributed by atoms with E-state index in [-0.39, 0.29) is 30.0 Å². The number of alkyl halides is 6. The smallest absolute Gasteiger partial charge is 0.414 e. The molecule has 1 aromatic carbocycles. The van der Waals surface area contributed by atoms with E-state index in [0.717, 1.165) is 23.0 Å². The molecule has 190 valence electrons.